The first-order valence-corrected chi connectivity index (χ1v) is 16.0. The summed E-state index contributed by atoms with van der Waals surface area (Å²) in [6, 6.07) is 22.3. The van der Waals surface area contributed by atoms with Gasteiger partial charge in [-0.05, 0) is 73.4 Å². The predicted octanol–water partition coefficient (Wildman–Crippen LogP) is 6.64. The highest BCUT2D eigenvalue weighted by Crippen LogP contribution is 2.35. The van der Waals surface area contributed by atoms with E-state index in [0.717, 1.165) is 86.8 Å². The number of nitrogens with one attached hydrogen (secondary N) is 2. The van der Waals surface area contributed by atoms with Crippen molar-refractivity contribution in [3.8, 4) is 17.2 Å². The summed E-state index contributed by atoms with van der Waals surface area (Å²) >= 11 is 0. The lowest BCUT2D eigenvalue weighted by atomic mass is 9.96. The van der Waals surface area contributed by atoms with Crippen LogP contribution in [0.3, 0.4) is 0 Å². The molecule has 0 unspecified atom stereocenters. The maximum atomic E-state index is 12.5. The Bertz CT molecular complexity index is 1280. The van der Waals surface area contributed by atoms with Crippen LogP contribution in [0.15, 0.2) is 66.7 Å². The Labute approximate surface area is 263 Å². The zero-order chi connectivity index (χ0) is 31.4. The molecule has 3 rings (SSSR count). The van der Waals surface area contributed by atoms with Gasteiger partial charge in [0.2, 0.25) is 11.8 Å². The van der Waals surface area contributed by atoms with E-state index < -0.39 is 0 Å². The number of methoxy groups -OCH3 is 3. The van der Waals surface area contributed by atoms with E-state index in [1.54, 1.807) is 21.3 Å². The number of carbonyl (C=O) groups is 2. The van der Waals surface area contributed by atoms with Gasteiger partial charge in [0.15, 0.2) is 11.5 Å². The molecular formula is C37H50N2O5. The van der Waals surface area contributed by atoms with E-state index in [2.05, 4.69) is 41.0 Å². The Morgan fingerprint density at radius 2 is 1.23 bits per heavy atom. The number of unbranched alkanes of at least 4 members (excludes halogenated alkanes) is 5. The van der Waals surface area contributed by atoms with Crippen molar-refractivity contribution in [3.63, 3.8) is 0 Å². The molecule has 3 aromatic carbocycles. The van der Waals surface area contributed by atoms with E-state index in [0.29, 0.717) is 31.7 Å². The molecule has 0 heterocycles. The number of rotatable bonds is 21. The molecule has 0 aliphatic carbocycles. The van der Waals surface area contributed by atoms with Gasteiger partial charge in [0.25, 0.3) is 0 Å². The Morgan fingerprint density at radius 3 is 1.86 bits per heavy atom. The fourth-order valence-electron chi connectivity index (χ4n) is 5.42. The fraction of sp³-hybridized carbons (Fsp3) is 0.459. The molecular weight excluding hydrogens is 552 g/mol. The summed E-state index contributed by atoms with van der Waals surface area (Å²) in [4.78, 5) is 24.5. The SMILES string of the molecule is COc1cccc(CCc2c(CCNC(=O)CCCCCCCCC(=O)NCCc3ccccc3)ccc(OC)c2OC)c1. The minimum Gasteiger partial charge on any atom is -0.497 e. The van der Waals surface area contributed by atoms with Crippen LogP contribution in [0.5, 0.6) is 17.2 Å². The second-order valence-corrected chi connectivity index (χ2v) is 11.1. The van der Waals surface area contributed by atoms with Crippen LogP contribution in [-0.4, -0.2) is 46.2 Å². The molecule has 7 nitrogen and oxygen atoms in total. The van der Waals surface area contributed by atoms with Crippen LogP contribution in [0.25, 0.3) is 0 Å². The second-order valence-electron chi connectivity index (χ2n) is 11.1. The average Bonchev–Trinajstić information content (AvgIpc) is 3.05. The zero-order valence-corrected chi connectivity index (χ0v) is 26.8. The minimum atomic E-state index is 0.0931. The smallest absolute Gasteiger partial charge is 0.220 e. The third-order valence-electron chi connectivity index (χ3n) is 7.90. The molecule has 0 fully saturated rings. The third kappa shape index (κ3) is 12.3. The first-order valence-electron chi connectivity index (χ1n) is 16.0. The number of hydrogen-bond donors (Lipinski definition) is 2. The molecule has 0 aliphatic rings. The van der Waals surface area contributed by atoms with Gasteiger partial charge in [-0.3, -0.25) is 9.59 Å². The molecule has 238 valence electrons. The number of benzene rings is 3. The zero-order valence-electron chi connectivity index (χ0n) is 26.8. The van der Waals surface area contributed by atoms with Gasteiger partial charge < -0.3 is 24.8 Å². The van der Waals surface area contributed by atoms with Gasteiger partial charge in [0.05, 0.1) is 21.3 Å². The summed E-state index contributed by atoms with van der Waals surface area (Å²) < 4.78 is 16.7. The first kappa shape index (κ1) is 34.5. The highest BCUT2D eigenvalue weighted by molar-refractivity contribution is 5.76. The molecule has 0 spiro atoms. The maximum Gasteiger partial charge on any atom is 0.220 e. The summed E-state index contributed by atoms with van der Waals surface area (Å²) in [5.74, 6) is 2.54. The molecule has 0 atom stereocenters. The van der Waals surface area contributed by atoms with Crippen molar-refractivity contribution in [1.29, 1.82) is 0 Å². The predicted molar refractivity (Wildman–Crippen MR) is 177 cm³/mol. The van der Waals surface area contributed by atoms with Crippen LogP contribution < -0.4 is 24.8 Å². The number of ether oxygens (including phenoxy) is 3. The molecule has 2 N–H and O–H groups in total. The van der Waals surface area contributed by atoms with Crippen LogP contribution >= 0.6 is 0 Å². The standard InChI is InChI=1S/C37H50N2O5/c1-42-32-17-13-16-30(28-32)20-22-33-31(21-23-34(43-2)37(33)44-3)25-27-39-36(41)19-12-7-5-4-6-11-18-35(40)38-26-24-29-14-9-8-10-15-29/h8-10,13-17,21,23,28H,4-7,11-12,18-20,22,24-27H2,1-3H3,(H,38,40)(H,39,41). The number of amides is 2. The molecule has 3 aromatic rings. The summed E-state index contributed by atoms with van der Waals surface area (Å²) in [5, 5.41) is 6.11. The molecule has 44 heavy (non-hydrogen) atoms. The summed E-state index contributed by atoms with van der Waals surface area (Å²) in [6.45, 7) is 1.26. The van der Waals surface area contributed by atoms with E-state index >= 15 is 0 Å². The van der Waals surface area contributed by atoms with Gasteiger partial charge in [0, 0.05) is 31.5 Å². The van der Waals surface area contributed by atoms with Gasteiger partial charge >= 0.3 is 0 Å². The van der Waals surface area contributed by atoms with Crippen molar-refractivity contribution >= 4 is 11.8 Å². The molecule has 0 radical (unpaired) electrons. The lowest BCUT2D eigenvalue weighted by molar-refractivity contribution is -0.122. The Hall–Kier alpha value is -4.00. The monoisotopic (exact) mass is 602 g/mol. The van der Waals surface area contributed by atoms with E-state index in [1.165, 1.54) is 11.1 Å². The number of aryl methyl sites for hydroxylation is 1. The van der Waals surface area contributed by atoms with Crippen LogP contribution in [0, 0.1) is 0 Å². The molecule has 2 amide bonds. The summed E-state index contributed by atoms with van der Waals surface area (Å²) in [7, 11) is 5.00. The van der Waals surface area contributed by atoms with E-state index in [1.807, 2.05) is 36.4 Å². The van der Waals surface area contributed by atoms with Gasteiger partial charge in [-0.15, -0.1) is 0 Å². The van der Waals surface area contributed by atoms with E-state index in [4.69, 9.17) is 14.2 Å². The second kappa shape index (κ2) is 20.0. The lowest BCUT2D eigenvalue weighted by Gasteiger charge is -2.17. The van der Waals surface area contributed by atoms with E-state index in [9.17, 15) is 9.59 Å². The van der Waals surface area contributed by atoms with Crippen molar-refractivity contribution in [2.24, 2.45) is 0 Å². The van der Waals surface area contributed by atoms with Gasteiger partial charge in [-0.2, -0.15) is 0 Å². The van der Waals surface area contributed by atoms with Gasteiger partial charge in [-0.1, -0.05) is 74.2 Å². The molecule has 7 heteroatoms. The molecule has 0 aliphatic heterocycles. The maximum absolute atomic E-state index is 12.5. The summed E-state index contributed by atoms with van der Waals surface area (Å²) in [5.41, 5.74) is 4.68. The Kier molecular flexibility index (Phi) is 15.7. The largest absolute Gasteiger partial charge is 0.497 e. The van der Waals surface area contributed by atoms with E-state index in [-0.39, 0.29) is 11.8 Å². The Morgan fingerprint density at radius 1 is 0.591 bits per heavy atom. The van der Waals surface area contributed by atoms with Crippen LogP contribution in [0.1, 0.15) is 73.6 Å². The lowest BCUT2D eigenvalue weighted by Crippen LogP contribution is -2.25. The molecule has 0 bridgehead atoms. The highest BCUT2D eigenvalue weighted by atomic mass is 16.5. The number of carbonyl (C=O) groups excluding carboxylic acids is 2. The third-order valence-corrected chi connectivity index (χ3v) is 7.90. The Balaban J connectivity index is 1.30. The average molecular weight is 603 g/mol. The van der Waals surface area contributed by atoms with Gasteiger partial charge in [-0.25, -0.2) is 0 Å². The fourth-order valence-corrected chi connectivity index (χ4v) is 5.42. The molecule has 0 saturated carbocycles. The van der Waals surface area contributed by atoms with Crippen molar-refractivity contribution in [3.05, 3.63) is 89.0 Å². The van der Waals surface area contributed by atoms with Crippen molar-refractivity contribution in [2.45, 2.75) is 77.0 Å². The molecule has 0 aromatic heterocycles. The summed E-state index contributed by atoms with van der Waals surface area (Å²) in [6.07, 6.45) is 10.4. The van der Waals surface area contributed by atoms with Crippen LogP contribution in [0.4, 0.5) is 0 Å². The molecule has 0 saturated heterocycles. The van der Waals surface area contributed by atoms with Crippen molar-refractivity contribution in [1.82, 2.24) is 10.6 Å². The number of hydrogen-bond acceptors (Lipinski definition) is 5. The normalized spacial score (nSPS) is 10.7. The quantitative estimate of drug-likeness (QED) is 0.134. The highest BCUT2D eigenvalue weighted by Gasteiger charge is 2.15. The topological polar surface area (TPSA) is 85.9 Å². The van der Waals surface area contributed by atoms with Gasteiger partial charge in [0.1, 0.15) is 5.75 Å². The van der Waals surface area contributed by atoms with Crippen LogP contribution in [0.2, 0.25) is 0 Å². The van der Waals surface area contributed by atoms with Crippen molar-refractivity contribution in [2.75, 3.05) is 34.4 Å². The first-order chi connectivity index (χ1) is 21.5. The van der Waals surface area contributed by atoms with Crippen molar-refractivity contribution < 1.29 is 23.8 Å². The van der Waals surface area contributed by atoms with Crippen LogP contribution in [-0.2, 0) is 35.3 Å². The minimum absolute atomic E-state index is 0.0931.